The van der Waals surface area contributed by atoms with Crippen LogP contribution in [0.4, 0.5) is 0 Å². The largest absolute Gasteiger partial charge is 0.371 e. The highest BCUT2D eigenvalue weighted by Gasteiger charge is 2.40. The lowest BCUT2D eigenvalue weighted by molar-refractivity contribution is -0.0581. The minimum Gasteiger partial charge on any atom is -0.371 e. The standard InChI is InChI=1S/C16H28N2OS/c1-6-17-12(3)14-13(4)18-15(20-14)16(19-5)9-7-8-11(2)10-16/h11-12,17H,6-10H2,1-5H3. The van der Waals surface area contributed by atoms with Crippen molar-refractivity contribution in [2.24, 2.45) is 5.92 Å². The highest BCUT2D eigenvalue weighted by atomic mass is 32.1. The van der Waals surface area contributed by atoms with Crippen LogP contribution in [0, 0.1) is 12.8 Å². The zero-order chi connectivity index (χ0) is 14.8. The molecule has 20 heavy (non-hydrogen) atoms. The van der Waals surface area contributed by atoms with Gasteiger partial charge in [0.15, 0.2) is 0 Å². The third kappa shape index (κ3) is 3.07. The van der Waals surface area contributed by atoms with Crippen molar-refractivity contribution in [3.05, 3.63) is 15.6 Å². The Kier molecular flexibility index (Phi) is 5.21. The van der Waals surface area contributed by atoms with E-state index < -0.39 is 0 Å². The van der Waals surface area contributed by atoms with Crippen LogP contribution in [0.15, 0.2) is 0 Å². The number of rotatable bonds is 5. The lowest BCUT2D eigenvalue weighted by Crippen LogP contribution is -2.34. The van der Waals surface area contributed by atoms with Gasteiger partial charge in [-0.05, 0) is 45.6 Å². The van der Waals surface area contributed by atoms with Gasteiger partial charge in [-0.15, -0.1) is 11.3 Å². The molecular formula is C16H28N2OS. The molecule has 0 spiro atoms. The molecule has 1 aliphatic rings. The molecule has 0 saturated heterocycles. The summed E-state index contributed by atoms with van der Waals surface area (Å²) in [6, 6.07) is 0.376. The van der Waals surface area contributed by atoms with Gasteiger partial charge in [0, 0.05) is 18.0 Å². The molecule has 0 aliphatic heterocycles. The molecule has 114 valence electrons. The van der Waals surface area contributed by atoms with Gasteiger partial charge in [-0.1, -0.05) is 20.3 Å². The monoisotopic (exact) mass is 296 g/mol. The Morgan fingerprint density at radius 3 is 2.90 bits per heavy atom. The number of hydrogen-bond acceptors (Lipinski definition) is 4. The van der Waals surface area contributed by atoms with Gasteiger partial charge in [-0.25, -0.2) is 4.98 Å². The summed E-state index contributed by atoms with van der Waals surface area (Å²) in [7, 11) is 1.85. The van der Waals surface area contributed by atoms with E-state index in [0.29, 0.717) is 6.04 Å². The Labute approximate surface area is 127 Å². The van der Waals surface area contributed by atoms with Gasteiger partial charge >= 0.3 is 0 Å². The molecule has 1 aliphatic carbocycles. The quantitative estimate of drug-likeness (QED) is 0.885. The van der Waals surface area contributed by atoms with Crippen LogP contribution in [0.1, 0.15) is 68.1 Å². The van der Waals surface area contributed by atoms with Crippen molar-refractivity contribution in [1.29, 1.82) is 0 Å². The van der Waals surface area contributed by atoms with Gasteiger partial charge in [0.25, 0.3) is 0 Å². The van der Waals surface area contributed by atoms with Crippen LogP contribution in [0.25, 0.3) is 0 Å². The number of aromatic nitrogens is 1. The summed E-state index contributed by atoms with van der Waals surface area (Å²) in [4.78, 5) is 6.23. The molecule has 2 rings (SSSR count). The van der Waals surface area contributed by atoms with Gasteiger partial charge in [0.05, 0.1) is 5.69 Å². The first kappa shape index (κ1) is 15.9. The molecule has 1 aromatic heterocycles. The van der Waals surface area contributed by atoms with Crippen molar-refractivity contribution in [3.8, 4) is 0 Å². The van der Waals surface area contributed by atoms with E-state index in [9.17, 15) is 0 Å². The first-order chi connectivity index (χ1) is 9.52. The molecule has 1 saturated carbocycles. The van der Waals surface area contributed by atoms with Crippen molar-refractivity contribution >= 4 is 11.3 Å². The van der Waals surface area contributed by atoms with E-state index in [1.54, 1.807) is 0 Å². The molecule has 3 atom stereocenters. The van der Waals surface area contributed by atoms with Crippen molar-refractivity contribution < 1.29 is 4.74 Å². The Morgan fingerprint density at radius 1 is 1.55 bits per heavy atom. The summed E-state index contributed by atoms with van der Waals surface area (Å²) in [5, 5.41) is 4.67. The third-order valence-corrected chi connectivity index (χ3v) is 6.00. The lowest BCUT2D eigenvalue weighted by atomic mass is 9.79. The number of nitrogens with zero attached hydrogens (tertiary/aromatic N) is 1. The normalized spacial score (nSPS) is 28.6. The fourth-order valence-corrected chi connectivity index (χ4v) is 4.67. The van der Waals surface area contributed by atoms with E-state index in [0.717, 1.165) is 31.0 Å². The Balaban J connectivity index is 2.29. The van der Waals surface area contributed by atoms with E-state index in [1.165, 1.54) is 22.7 Å². The number of hydrogen-bond donors (Lipinski definition) is 1. The van der Waals surface area contributed by atoms with Gasteiger partial charge < -0.3 is 10.1 Å². The summed E-state index contributed by atoms with van der Waals surface area (Å²) in [6.07, 6.45) is 4.77. The summed E-state index contributed by atoms with van der Waals surface area (Å²) in [5.74, 6) is 0.725. The second-order valence-corrected chi connectivity index (χ2v) is 7.18. The highest BCUT2D eigenvalue weighted by Crippen LogP contribution is 2.45. The smallest absolute Gasteiger partial charge is 0.125 e. The molecule has 0 aromatic carbocycles. The van der Waals surface area contributed by atoms with Crippen LogP contribution in [-0.2, 0) is 10.3 Å². The van der Waals surface area contributed by atoms with Crippen LogP contribution >= 0.6 is 11.3 Å². The maximum atomic E-state index is 5.97. The molecule has 3 unspecified atom stereocenters. The van der Waals surface area contributed by atoms with Crippen LogP contribution in [-0.4, -0.2) is 18.6 Å². The molecule has 4 heteroatoms. The summed E-state index contributed by atoms with van der Waals surface area (Å²) < 4.78 is 5.97. The maximum Gasteiger partial charge on any atom is 0.125 e. The van der Waals surface area contributed by atoms with E-state index in [4.69, 9.17) is 9.72 Å². The maximum absolute atomic E-state index is 5.97. The van der Waals surface area contributed by atoms with Gasteiger partial charge in [0.1, 0.15) is 10.6 Å². The molecule has 3 nitrogen and oxygen atoms in total. The Morgan fingerprint density at radius 2 is 2.30 bits per heavy atom. The summed E-state index contributed by atoms with van der Waals surface area (Å²) >= 11 is 1.84. The highest BCUT2D eigenvalue weighted by molar-refractivity contribution is 7.12. The van der Waals surface area contributed by atoms with E-state index in [1.807, 2.05) is 18.4 Å². The van der Waals surface area contributed by atoms with Crippen molar-refractivity contribution in [2.75, 3.05) is 13.7 Å². The molecule has 1 heterocycles. The predicted molar refractivity (Wildman–Crippen MR) is 85.3 cm³/mol. The average Bonchev–Trinajstić information content (AvgIpc) is 2.81. The number of aryl methyl sites for hydroxylation is 1. The number of methoxy groups -OCH3 is 1. The van der Waals surface area contributed by atoms with Crippen molar-refractivity contribution in [2.45, 2.75) is 65.0 Å². The zero-order valence-electron chi connectivity index (χ0n) is 13.5. The molecular weight excluding hydrogens is 268 g/mol. The fourth-order valence-electron chi connectivity index (χ4n) is 3.37. The number of ether oxygens (including phenoxy) is 1. The summed E-state index contributed by atoms with van der Waals surface area (Å²) in [6.45, 7) is 9.80. The van der Waals surface area contributed by atoms with Crippen LogP contribution in [0.3, 0.4) is 0 Å². The summed E-state index contributed by atoms with van der Waals surface area (Å²) in [5.41, 5.74) is 1.02. The average molecular weight is 296 g/mol. The second-order valence-electron chi connectivity index (χ2n) is 6.15. The molecule has 1 aromatic rings. The van der Waals surface area contributed by atoms with E-state index in [-0.39, 0.29) is 5.60 Å². The molecule has 0 amide bonds. The third-order valence-electron chi connectivity index (χ3n) is 4.47. The molecule has 0 bridgehead atoms. The van der Waals surface area contributed by atoms with Crippen molar-refractivity contribution in [3.63, 3.8) is 0 Å². The lowest BCUT2D eigenvalue weighted by Gasteiger charge is -2.37. The minimum atomic E-state index is -0.142. The topological polar surface area (TPSA) is 34.1 Å². The van der Waals surface area contributed by atoms with E-state index >= 15 is 0 Å². The van der Waals surface area contributed by atoms with Crippen LogP contribution < -0.4 is 5.32 Å². The van der Waals surface area contributed by atoms with Crippen LogP contribution in [0.2, 0.25) is 0 Å². The fraction of sp³-hybridized carbons (Fsp3) is 0.812. The van der Waals surface area contributed by atoms with E-state index in [2.05, 4.69) is 33.0 Å². The molecule has 1 fully saturated rings. The number of nitrogens with one attached hydrogen (secondary N) is 1. The van der Waals surface area contributed by atoms with Gasteiger partial charge in [0.2, 0.25) is 0 Å². The predicted octanol–water partition coefficient (Wildman–Crippen LogP) is 4.17. The number of thiazole rings is 1. The molecule has 0 radical (unpaired) electrons. The Hall–Kier alpha value is -0.450. The second kappa shape index (κ2) is 6.54. The first-order valence-electron chi connectivity index (χ1n) is 7.78. The first-order valence-corrected chi connectivity index (χ1v) is 8.60. The van der Waals surface area contributed by atoms with Gasteiger partial charge in [-0.2, -0.15) is 0 Å². The molecule has 1 N–H and O–H groups in total. The SMILES string of the molecule is CCNC(C)c1sc(C2(OC)CCCC(C)C2)nc1C. The Bertz CT molecular complexity index is 446. The zero-order valence-corrected chi connectivity index (χ0v) is 14.3. The minimum absolute atomic E-state index is 0.142. The van der Waals surface area contributed by atoms with Crippen LogP contribution in [0.5, 0.6) is 0 Å². The van der Waals surface area contributed by atoms with Crippen molar-refractivity contribution in [1.82, 2.24) is 10.3 Å². The van der Waals surface area contributed by atoms with Gasteiger partial charge in [-0.3, -0.25) is 0 Å².